The molecule has 1 heterocycles. The highest BCUT2D eigenvalue weighted by Gasteiger charge is 2.30. The summed E-state index contributed by atoms with van der Waals surface area (Å²) in [5.41, 5.74) is 7.39. The lowest BCUT2D eigenvalue weighted by molar-refractivity contribution is 0.0847. The summed E-state index contributed by atoms with van der Waals surface area (Å²) >= 11 is 0. The van der Waals surface area contributed by atoms with Crippen LogP contribution in [0.2, 0.25) is 0 Å². The van der Waals surface area contributed by atoms with Gasteiger partial charge in [0.15, 0.2) is 0 Å². The minimum atomic E-state index is 0.178. The van der Waals surface area contributed by atoms with E-state index in [1.54, 1.807) is 0 Å². The first kappa shape index (κ1) is 10.7. The van der Waals surface area contributed by atoms with Gasteiger partial charge in [0, 0.05) is 18.6 Å². The Hall–Kier alpha value is -0.340. The molecule has 0 radical (unpaired) electrons. The minimum absolute atomic E-state index is 0.178. The predicted molar refractivity (Wildman–Crippen MR) is 55.5 cm³/mol. The summed E-state index contributed by atoms with van der Waals surface area (Å²) in [6.45, 7) is 7.24. The van der Waals surface area contributed by atoms with Crippen LogP contribution in [0.15, 0.2) is 11.6 Å². The maximum absolute atomic E-state index is 6.09. The standard InChI is InChI=1S/C11H21NO/c1-4-11-9(5-6-13-11)10(12)7-8(2)3/h7,9-11H,4-6,12H2,1-3H3. The molecule has 0 saturated carbocycles. The molecule has 1 aliphatic heterocycles. The van der Waals surface area contributed by atoms with Crippen molar-refractivity contribution in [3.8, 4) is 0 Å². The first-order valence-corrected chi connectivity index (χ1v) is 5.17. The van der Waals surface area contributed by atoms with Gasteiger partial charge in [-0.3, -0.25) is 0 Å². The molecule has 1 rings (SSSR count). The van der Waals surface area contributed by atoms with Crippen molar-refractivity contribution in [2.45, 2.75) is 45.8 Å². The van der Waals surface area contributed by atoms with E-state index in [2.05, 4.69) is 26.8 Å². The minimum Gasteiger partial charge on any atom is -0.378 e. The van der Waals surface area contributed by atoms with Crippen LogP contribution < -0.4 is 5.73 Å². The third-order valence-electron chi connectivity index (χ3n) is 2.68. The third-order valence-corrected chi connectivity index (χ3v) is 2.68. The fraction of sp³-hybridized carbons (Fsp3) is 0.818. The van der Waals surface area contributed by atoms with Crippen LogP contribution in [0.1, 0.15) is 33.6 Å². The van der Waals surface area contributed by atoms with E-state index < -0.39 is 0 Å². The highest BCUT2D eigenvalue weighted by Crippen LogP contribution is 2.26. The maximum atomic E-state index is 6.09. The number of rotatable bonds is 3. The van der Waals surface area contributed by atoms with Crippen molar-refractivity contribution in [1.82, 2.24) is 0 Å². The van der Waals surface area contributed by atoms with E-state index in [1.165, 1.54) is 5.57 Å². The number of nitrogens with two attached hydrogens (primary N) is 1. The molecule has 0 aromatic heterocycles. The van der Waals surface area contributed by atoms with E-state index in [0.717, 1.165) is 19.4 Å². The molecule has 0 aromatic rings. The summed E-state index contributed by atoms with van der Waals surface area (Å²) in [7, 11) is 0. The largest absolute Gasteiger partial charge is 0.378 e. The van der Waals surface area contributed by atoms with Crippen LogP contribution in [-0.2, 0) is 4.74 Å². The molecule has 0 aliphatic carbocycles. The van der Waals surface area contributed by atoms with Crippen molar-refractivity contribution in [1.29, 1.82) is 0 Å². The van der Waals surface area contributed by atoms with Gasteiger partial charge in [0.05, 0.1) is 6.10 Å². The number of hydrogen-bond donors (Lipinski definition) is 1. The lowest BCUT2D eigenvalue weighted by atomic mass is 9.91. The normalized spacial score (nSPS) is 30.2. The zero-order chi connectivity index (χ0) is 9.84. The second-order valence-corrected chi connectivity index (χ2v) is 4.09. The number of ether oxygens (including phenoxy) is 1. The van der Waals surface area contributed by atoms with E-state index in [1.807, 2.05) is 0 Å². The molecule has 0 amide bonds. The second-order valence-electron chi connectivity index (χ2n) is 4.09. The SMILES string of the molecule is CCC1OCCC1C(N)C=C(C)C. The van der Waals surface area contributed by atoms with Gasteiger partial charge in [0.1, 0.15) is 0 Å². The quantitative estimate of drug-likeness (QED) is 0.680. The monoisotopic (exact) mass is 183 g/mol. The van der Waals surface area contributed by atoms with Crippen LogP contribution in [-0.4, -0.2) is 18.8 Å². The van der Waals surface area contributed by atoms with Crippen LogP contribution in [0.25, 0.3) is 0 Å². The molecule has 1 fully saturated rings. The Balaban J connectivity index is 2.55. The summed E-state index contributed by atoms with van der Waals surface area (Å²) < 4.78 is 5.61. The molecule has 3 unspecified atom stereocenters. The van der Waals surface area contributed by atoms with Crippen molar-refractivity contribution >= 4 is 0 Å². The average molecular weight is 183 g/mol. The molecule has 2 N–H and O–H groups in total. The first-order valence-electron chi connectivity index (χ1n) is 5.17. The zero-order valence-electron chi connectivity index (χ0n) is 8.92. The lowest BCUT2D eigenvalue weighted by Gasteiger charge is -2.21. The molecular weight excluding hydrogens is 162 g/mol. The summed E-state index contributed by atoms with van der Waals surface area (Å²) in [6, 6.07) is 0.178. The van der Waals surface area contributed by atoms with E-state index in [4.69, 9.17) is 10.5 Å². The Bertz CT molecular complexity index is 185. The van der Waals surface area contributed by atoms with Crippen molar-refractivity contribution in [2.24, 2.45) is 11.7 Å². The van der Waals surface area contributed by atoms with Gasteiger partial charge in [-0.1, -0.05) is 18.6 Å². The van der Waals surface area contributed by atoms with Crippen LogP contribution in [0, 0.1) is 5.92 Å². The van der Waals surface area contributed by atoms with Crippen LogP contribution in [0.4, 0.5) is 0 Å². The van der Waals surface area contributed by atoms with E-state index in [0.29, 0.717) is 12.0 Å². The van der Waals surface area contributed by atoms with Crippen LogP contribution in [0.5, 0.6) is 0 Å². The smallest absolute Gasteiger partial charge is 0.0619 e. The van der Waals surface area contributed by atoms with Crippen LogP contribution in [0.3, 0.4) is 0 Å². The van der Waals surface area contributed by atoms with Gasteiger partial charge in [0.25, 0.3) is 0 Å². The Morgan fingerprint density at radius 1 is 1.62 bits per heavy atom. The number of hydrogen-bond acceptors (Lipinski definition) is 2. The molecule has 1 aliphatic rings. The van der Waals surface area contributed by atoms with Gasteiger partial charge < -0.3 is 10.5 Å². The first-order chi connectivity index (χ1) is 6.15. The van der Waals surface area contributed by atoms with E-state index in [-0.39, 0.29) is 6.04 Å². The molecule has 76 valence electrons. The van der Waals surface area contributed by atoms with Gasteiger partial charge in [-0.2, -0.15) is 0 Å². The van der Waals surface area contributed by atoms with E-state index in [9.17, 15) is 0 Å². The summed E-state index contributed by atoms with van der Waals surface area (Å²) in [6.07, 6.45) is 4.73. The molecule has 2 heteroatoms. The summed E-state index contributed by atoms with van der Waals surface area (Å²) in [4.78, 5) is 0. The zero-order valence-corrected chi connectivity index (χ0v) is 8.92. The molecule has 0 bridgehead atoms. The Morgan fingerprint density at radius 3 is 2.85 bits per heavy atom. The highest BCUT2D eigenvalue weighted by atomic mass is 16.5. The average Bonchev–Trinajstić information content (AvgIpc) is 2.49. The number of allylic oxidation sites excluding steroid dienone is 1. The predicted octanol–water partition coefficient (Wildman–Crippen LogP) is 2.09. The third kappa shape index (κ3) is 2.82. The van der Waals surface area contributed by atoms with E-state index >= 15 is 0 Å². The molecule has 0 aromatic carbocycles. The van der Waals surface area contributed by atoms with Crippen LogP contribution >= 0.6 is 0 Å². The van der Waals surface area contributed by atoms with Gasteiger partial charge in [-0.05, 0) is 26.7 Å². The molecule has 1 saturated heterocycles. The van der Waals surface area contributed by atoms with Gasteiger partial charge in [-0.25, -0.2) is 0 Å². The summed E-state index contributed by atoms with van der Waals surface area (Å²) in [5, 5.41) is 0. The van der Waals surface area contributed by atoms with Gasteiger partial charge in [-0.15, -0.1) is 0 Å². The Kier molecular flexibility index (Phi) is 3.94. The molecule has 0 spiro atoms. The van der Waals surface area contributed by atoms with Gasteiger partial charge >= 0.3 is 0 Å². The molecular formula is C11H21NO. The second kappa shape index (κ2) is 4.77. The fourth-order valence-electron chi connectivity index (χ4n) is 2.03. The highest BCUT2D eigenvalue weighted by molar-refractivity contribution is 5.04. The maximum Gasteiger partial charge on any atom is 0.0619 e. The molecule has 13 heavy (non-hydrogen) atoms. The Labute approximate surface area is 81.1 Å². The fourth-order valence-corrected chi connectivity index (χ4v) is 2.03. The molecule has 2 nitrogen and oxygen atoms in total. The lowest BCUT2D eigenvalue weighted by Crippen LogP contribution is -2.33. The van der Waals surface area contributed by atoms with Crippen molar-refractivity contribution in [3.63, 3.8) is 0 Å². The van der Waals surface area contributed by atoms with Crippen molar-refractivity contribution in [3.05, 3.63) is 11.6 Å². The Morgan fingerprint density at radius 2 is 2.31 bits per heavy atom. The summed E-state index contributed by atoms with van der Waals surface area (Å²) in [5.74, 6) is 0.528. The topological polar surface area (TPSA) is 35.2 Å². The van der Waals surface area contributed by atoms with Crippen molar-refractivity contribution < 1.29 is 4.74 Å². The molecule has 3 atom stereocenters. The van der Waals surface area contributed by atoms with Gasteiger partial charge in [0.2, 0.25) is 0 Å². The van der Waals surface area contributed by atoms with Crippen molar-refractivity contribution in [2.75, 3.05) is 6.61 Å².